The van der Waals surface area contributed by atoms with E-state index >= 15 is 0 Å². The molecule has 0 atom stereocenters. The number of nitrogens with zero attached hydrogens (tertiary/aromatic N) is 1. The van der Waals surface area contributed by atoms with Crippen LogP contribution in [0, 0.1) is 0 Å². The summed E-state index contributed by atoms with van der Waals surface area (Å²) in [7, 11) is 0. The standard InChI is InChI=1S/C10H14N2O.2ClH/c1-2-6-12-10(3-1)13-9-4-7-11-8-5-9;;/h1-3,6,9,11H,4-5,7-8H2;2*1H/q+1;;/p-1. The minimum atomic E-state index is 0. The molecule has 5 heteroatoms. The number of allylic oxidation sites excluding steroid dienone is 3. The van der Waals surface area contributed by atoms with Crippen LogP contribution < -0.4 is 22.7 Å². The van der Waals surface area contributed by atoms with Crippen molar-refractivity contribution in [3.05, 3.63) is 24.1 Å². The van der Waals surface area contributed by atoms with Gasteiger partial charge in [-0.25, -0.2) is 0 Å². The molecular formula is C10H15Cl2N2O. The number of hydrogen-bond donors (Lipinski definition) is 1. The zero-order valence-corrected chi connectivity index (χ0v) is 9.93. The molecule has 0 aromatic rings. The fourth-order valence-electron chi connectivity index (χ4n) is 1.50. The molecule has 1 radical (unpaired) electrons. The normalized spacial score (nSPS) is 19.9. The highest BCUT2D eigenvalue weighted by Gasteiger charge is 2.19. The number of piperidine rings is 1. The molecule has 2 rings (SSSR count). The number of hydrogen-bond acceptors (Lipinski definition) is 3. The third kappa shape index (κ3) is 4.69. The fourth-order valence-corrected chi connectivity index (χ4v) is 1.50. The van der Waals surface area contributed by atoms with Crippen molar-refractivity contribution in [1.82, 2.24) is 10.3 Å². The topological polar surface area (TPSA) is 35.4 Å². The molecule has 3 nitrogen and oxygen atoms in total. The van der Waals surface area contributed by atoms with Gasteiger partial charge in [-0.2, -0.15) is 0 Å². The van der Waals surface area contributed by atoms with Gasteiger partial charge in [0.2, 0.25) is 6.21 Å². The predicted molar refractivity (Wildman–Crippen MR) is 59.6 cm³/mol. The highest BCUT2D eigenvalue weighted by atomic mass is 35.5. The molecule has 2 aliphatic rings. The third-order valence-electron chi connectivity index (χ3n) is 2.21. The quantitative estimate of drug-likeness (QED) is 0.615. The van der Waals surface area contributed by atoms with Gasteiger partial charge in [-0.1, -0.05) is 0 Å². The minimum absolute atomic E-state index is 0. The molecule has 15 heavy (non-hydrogen) atoms. The second-order valence-electron chi connectivity index (χ2n) is 3.24. The molecule has 0 saturated carbocycles. The molecule has 0 aromatic carbocycles. The van der Waals surface area contributed by atoms with Gasteiger partial charge < -0.3 is 22.5 Å². The van der Waals surface area contributed by atoms with Gasteiger partial charge in [0, 0.05) is 6.08 Å². The Balaban J connectivity index is 0.000000980. The third-order valence-corrected chi connectivity index (χ3v) is 2.21. The second-order valence-corrected chi connectivity index (χ2v) is 3.24. The van der Waals surface area contributed by atoms with E-state index in [1.807, 2.05) is 18.2 Å². The Bertz CT molecular complexity index is 258. The van der Waals surface area contributed by atoms with E-state index in [4.69, 9.17) is 4.74 Å². The largest absolute Gasteiger partial charge is 1.00 e. The lowest BCUT2D eigenvalue weighted by Gasteiger charge is -2.21. The molecule has 1 saturated heterocycles. The molecule has 0 unspecified atom stereocenters. The van der Waals surface area contributed by atoms with Crippen LogP contribution in [-0.2, 0) is 4.74 Å². The molecular weight excluding hydrogens is 235 g/mol. The van der Waals surface area contributed by atoms with E-state index in [2.05, 4.69) is 10.3 Å². The Hall–Kier alpha value is -0.510. The number of rotatable bonds is 2. The van der Waals surface area contributed by atoms with Gasteiger partial charge in [0.05, 0.1) is 6.08 Å². The van der Waals surface area contributed by atoms with Crippen LogP contribution in [0.2, 0.25) is 0 Å². The van der Waals surface area contributed by atoms with Gasteiger partial charge >= 0.3 is 5.88 Å². The zero-order chi connectivity index (χ0) is 8.93. The van der Waals surface area contributed by atoms with Gasteiger partial charge in [0.25, 0.3) is 0 Å². The Labute approximate surface area is 102 Å². The van der Waals surface area contributed by atoms with Crippen LogP contribution in [0.1, 0.15) is 12.8 Å². The van der Waals surface area contributed by atoms with Gasteiger partial charge in [-0.05, 0) is 32.0 Å². The Morgan fingerprint density at radius 2 is 2.00 bits per heavy atom. The van der Waals surface area contributed by atoms with Crippen molar-refractivity contribution in [1.29, 1.82) is 0 Å². The van der Waals surface area contributed by atoms with E-state index in [0.717, 1.165) is 31.8 Å². The van der Waals surface area contributed by atoms with Crippen LogP contribution in [0.5, 0.6) is 0 Å². The number of nitrogens with one attached hydrogen (secondary N) is 1. The van der Waals surface area contributed by atoms with Crippen LogP contribution in [0.15, 0.2) is 24.1 Å². The lowest BCUT2D eigenvalue weighted by Crippen LogP contribution is -3.00. The average Bonchev–Trinajstić information content (AvgIpc) is 2.21. The molecule has 1 fully saturated rings. The summed E-state index contributed by atoms with van der Waals surface area (Å²) in [6.07, 6.45) is 10.0. The van der Waals surface area contributed by atoms with Gasteiger partial charge in [0.1, 0.15) is 11.1 Å². The molecule has 0 bridgehead atoms. The highest BCUT2D eigenvalue weighted by Crippen LogP contribution is 2.11. The summed E-state index contributed by atoms with van der Waals surface area (Å²) >= 11 is 0. The molecule has 85 valence electrons. The van der Waals surface area contributed by atoms with Crippen molar-refractivity contribution in [2.45, 2.75) is 18.9 Å². The Morgan fingerprint density at radius 1 is 1.27 bits per heavy atom. The maximum Gasteiger partial charge on any atom is 0.435 e. The predicted octanol–water partition coefficient (Wildman–Crippen LogP) is -2.00. The Morgan fingerprint density at radius 3 is 2.60 bits per heavy atom. The summed E-state index contributed by atoms with van der Waals surface area (Å²) in [4.78, 5) is 4.13. The molecule has 0 aromatic heterocycles. The average molecular weight is 250 g/mol. The molecule has 0 amide bonds. The smallest absolute Gasteiger partial charge is 0.435 e. The van der Waals surface area contributed by atoms with Crippen LogP contribution >= 0.6 is 12.4 Å². The maximum absolute atomic E-state index is 5.70. The highest BCUT2D eigenvalue weighted by molar-refractivity contribution is 5.85. The second kappa shape index (κ2) is 7.74. The summed E-state index contributed by atoms with van der Waals surface area (Å²) in [5, 5.41) is 3.30. The Kier molecular flexibility index (Phi) is 7.48. The number of halogens is 2. The van der Waals surface area contributed by atoms with Crippen LogP contribution in [0.25, 0.3) is 0 Å². The van der Waals surface area contributed by atoms with Crippen molar-refractivity contribution in [3.63, 3.8) is 0 Å². The van der Waals surface area contributed by atoms with Crippen molar-refractivity contribution in [2.75, 3.05) is 13.1 Å². The van der Waals surface area contributed by atoms with Crippen molar-refractivity contribution in [2.24, 2.45) is 0 Å². The SMILES string of the molecule is C1=CC=C(OC2CCNCC2)[N+]=C1.Cl.[Cl-]. The zero-order valence-electron chi connectivity index (χ0n) is 8.36. The first-order valence-electron chi connectivity index (χ1n) is 4.73. The summed E-state index contributed by atoms with van der Waals surface area (Å²) in [5.74, 6) is 0.745. The number of ether oxygens (including phenoxy) is 1. The van der Waals surface area contributed by atoms with E-state index in [1.54, 1.807) is 6.21 Å². The van der Waals surface area contributed by atoms with Crippen LogP contribution in [0.3, 0.4) is 0 Å². The summed E-state index contributed by atoms with van der Waals surface area (Å²) in [6, 6.07) is 0. The fraction of sp³-hybridized carbons (Fsp3) is 0.500. The van der Waals surface area contributed by atoms with E-state index in [9.17, 15) is 0 Å². The summed E-state index contributed by atoms with van der Waals surface area (Å²) < 4.78 is 5.70. The molecule has 2 heterocycles. The van der Waals surface area contributed by atoms with Gasteiger partial charge in [0.15, 0.2) is 0 Å². The molecule has 2 aliphatic heterocycles. The van der Waals surface area contributed by atoms with Gasteiger partial charge in [-0.15, -0.1) is 12.4 Å². The molecule has 0 aliphatic carbocycles. The van der Waals surface area contributed by atoms with Crippen LogP contribution in [0.4, 0.5) is 0 Å². The molecule has 1 N–H and O–H groups in total. The van der Waals surface area contributed by atoms with Gasteiger partial charge in [-0.3, -0.25) is 0 Å². The van der Waals surface area contributed by atoms with Crippen LogP contribution in [-0.4, -0.2) is 25.4 Å². The first kappa shape index (κ1) is 14.5. The number of aliphatic imine (C=N–C) groups is 1. The van der Waals surface area contributed by atoms with Crippen molar-refractivity contribution >= 4 is 18.6 Å². The molecule has 0 spiro atoms. The van der Waals surface area contributed by atoms with Crippen molar-refractivity contribution in [3.8, 4) is 0 Å². The van der Waals surface area contributed by atoms with E-state index in [-0.39, 0.29) is 24.8 Å². The summed E-state index contributed by atoms with van der Waals surface area (Å²) in [5.41, 5.74) is 0. The monoisotopic (exact) mass is 249 g/mol. The summed E-state index contributed by atoms with van der Waals surface area (Å²) in [6.45, 7) is 2.11. The lowest BCUT2D eigenvalue weighted by molar-refractivity contribution is -0.00000590. The minimum Gasteiger partial charge on any atom is -1.00 e. The van der Waals surface area contributed by atoms with E-state index < -0.39 is 0 Å². The maximum atomic E-state index is 5.70. The lowest BCUT2D eigenvalue weighted by atomic mass is 10.1. The van der Waals surface area contributed by atoms with Crippen molar-refractivity contribution < 1.29 is 17.1 Å². The van der Waals surface area contributed by atoms with E-state index in [0.29, 0.717) is 6.10 Å². The first-order chi connectivity index (χ1) is 6.45. The first-order valence-corrected chi connectivity index (χ1v) is 4.73. The van der Waals surface area contributed by atoms with E-state index in [1.165, 1.54) is 0 Å².